The second-order valence-corrected chi connectivity index (χ2v) is 4.95. The van der Waals surface area contributed by atoms with Gasteiger partial charge in [-0.05, 0) is 25.6 Å². The fourth-order valence-electron chi connectivity index (χ4n) is 2.13. The van der Waals surface area contributed by atoms with Crippen LogP contribution in [-0.2, 0) is 0 Å². The van der Waals surface area contributed by atoms with Crippen molar-refractivity contribution in [2.24, 2.45) is 0 Å². The van der Waals surface area contributed by atoms with Gasteiger partial charge >= 0.3 is 0 Å². The van der Waals surface area contributed by atoms with Crippen molar-refractivity contribution < 1.29 is 4.79 Å². The van der Waals surface area contributed by atoms with Crippen LogP contribution in [0.15, 0.2) is 18.3 Å². The summed E-state index contributed by atoms with van der Waals surface area (Å²) in [6.07, 6.45) is 2.65. The Morgan fingerprint density at radius 2 is 2.11 bits per heavy atom. The van der Waals surface area contributed by atoms with E-state index in [4.69, 9.17) is 0 Å². The molecule has 2 heterocycles. The van der Waals surface area contributed by atoms with Crippen LogP contribution in [-0.4, -0.2) is 55.6 Å². The van der Waals surface area contributed by atoms with E-state index in [1.165, 1.54) is 0 Å². The van der Waals surface area contributed by atoms with Crippen molar-refractivity contribution in [2.45, 2.75) is 13.3 Å². The highest BCUT2D eigenvalue weighted by Gasteiger charge is 2.16. The predicted molar refractivity (Wildman–Crippen MR) is 76.6 cm³/mol. The first-order valence-electron chi connectivity index (χ1n) is 6.88. The Hall–Kier alpha value is -1.62. The van der Waals surface area contributed by atoms with Crippen molar-refractivity contribution in [3.8, 4) is 0 Å². The molecule has 0 spiro atoms. The topological polar surface area (TPSA) is 48.5 Å². The molecule has 5 heteroatoms. The maximum absolute atomic E-state index is 11.9. The largest absolute Gasteiger partial charge is 0.369 e. The Bertz CT molecular complexity index is 427. The highest BCUT2D eigenvalue weighted by atomic mass is 16.1. The van der Waals surface area contributed by atoms with Crippen LogP contribution in [0.25, 0.3) is 0 Å². The van der Waals surface area contributed by atoms with Crippen LogP contribution in [0.3, 0.4) is 0 Å². The standard InChI is InChI=1S/C14H22N4O/c1-3-5-16-14(19)13-11-12(4-6-15-13)18-9-7-17(2)8-10-18/h4,6,11H,3,5,7-10H2,1-2H3,(H,16,19). The minimum absolute atomic E-state index is 0.0853. The number of likely N-dealkylation sites (N-methyl/N-ethyl adjacent to an activating group) is 1. The molecule has 0 aromatic carbocycles. The molecule has 1 fully saturated rings. The number of nitrogens with zero attached hydrogens (tertiary/aromatic N) is 3. The molecule has 2 rings (SSSR count). The van der Waals surface area contributed by atoms with Crippen LogP contribution < -0.4 is 10.2 Å². The molecule has 0 saturated carbocycles. The number of aromatic nitrogens is 1. The first-order valence-corrected chi connectivity index (χ1v) is 6.88. The minimum Gasteiger partial charge on any atom is -0.369 e. The smallest absolute Gasteiger partial charge is 0.269 e. The Morgan fingerprint density at radius 1 is 1.37 bits per heavy atom. The van der Waals surface area contributed by atoms with Crippen LogP contribution in [0.1, 0.15) is 23.8 Å². The molecule has 104 valence electrons. The summed E-state index contributed by atoms with van der Waals surface area (Å²) < 4.78 is 0. The van der Waals surface area contributed by atoms with Gasteiger partial charge in [-0.3, -0.25) is 9.78 Å². The summed E-state index contributed by atoms with van der Waals surface area (Å²) >= 11 is 0. The van der Waals surface area contributed by atoms with Gasteiger partial charge in [0.2, 0.25) is 0 Å². The number of hydrogen-bond donors (Lipinski definition) is 1. The monoisotopic (exact) mass is 262 g/mol. The van der Waals surface area contributed by atoms with E-state index in [9.17, 15) is 4.79 Å². The first kappa shape index (κ1) is 13.8. The lowest BCUT2D eigenvalue weighted by atomic mass is 10.2. The molecular formula is C14H22N4O. The summed E-state index contributed by atoms with van der Waals surface area (Å²) in [5.41, 5.74) is 1.59. The Morgan fingerprint density at radius 3 is 2.79 bits per heavy atom. The van der Waals surface area contributed by atoms with Gasteiger partial charge in [-0.15, -0.1) is 0 Å². The zero-order chi connectivity index (χ0) is 13.7. The molecule has 0 unspecified atom stereocenters. The molecule has 0 atom stereocenters. The fourth-order valence-corrected chi connectivity index (χ4v) is 2.13. The normalized spacial score (nSPS) is 16.4. The molecule has 0 radical (unpaired) electrons. The molecule has 1 aromatic rings. The summed E-state index contributed by atoms with van der Waals surface area (Å²) in [6, 6.07) is 3.86. The molecule has 1 aromatic heterocycles. The van der Waals surface area contributed by atoms with Gasteiger partial charge in [-0.2, -0.15) is 0 Å². The van der Waals surface area contributed by atoms with Crippen molar-refractivity contribution in [2.75, 3.05) is 44.7 Å². The molecule has 5 nitrogen and oxygen atoms in total. The average molecular weight is 262 g/mol. The number of rotatable bonds is 4. The molecule has 0 aliphatic carbocycles. The molecule has 1 saturated heterocycles. The van der Waals surface area contributed by atoms with E-state index < -0.39 is 0 Å². The van der Waals surface area contributed by atoms with Crippen molar-refractivity contribution in [1.82, 2.24) is 15.2 Å². The van der Waals surface area contributed by atoms with Crippen molar-refractivity contribution >= 4 is 11.6 Å². The third kappa shape index (κ3) is 3.67. The Kier molecular flexibility index (Phi) is 4.74. The third-order valence-corrected chi connectivity index (χ3v) is 3.38. The summed E-state index contributed by atoms with van der Waals surface area (Å²) in [7, 11) is 2.13. The van der Waals surface area contributed by atoms with Gasteiger partial charge in [0, 0.05) is 44.6 Å². The van der Waals surface area contributed by atoms with Crippen molar-refractivity contribution in [3.63, 3.8) is 0 Å². The second-order valence-electron chi connectivity index (χ2n) is 4.95. The SMILES string of the molecule is CCCNC(=O)c1cc(N2CCN(C)CC2)ccn1. The fraction of sp³-hybridized carbons (Fsp3) is 0.571. The summed E-state index contributed by atoms with van der Waals surface area (Å²) in [5.74, 6) is -0.0853. The maximum Gasteiger partial charge on any atom is 0.269 e. The van der Waals surface area contributed by atoms with Gasteiger partial charge < -0.3 is 15.1 Å². The zero-order valence-electron chi connectivity index (χ0n) is 11.7. The lowest BCUT2D eigenvalue weighted by Crippen LogP contribution is -2.44. The molecule has 1 N–H and O–H groups in total. The number of carbonyl (C=O) groups excluding carboxylic acids is 1. The average Bonchev–Trinajstić information content (AvgIpc) is 2.45. The van der Waals surface area contributed by atoms with Gasteiger partial charge in [-0.1, -0.05) is 6.92 Å². The molecule has 1 aliphatic heterocycles. The molecule has 1 aliphatic rings. The highest BCUT2D eigenvalue weighted by molar-refractivity contribution is 5.93. The number of anilines is 1. The van der Waals surface area contributed by atoms with Crippen LogP contribution >= 0.6 is 0 Å². The van der Waals surface area contributed by atoms with Crippen LogP contribution in [0.2, 0.25) is 0 Å². The van der Waals surface area contributed by atoms with E-state index in [0.29, 0.717) is 12.2 Å². The Labute approximate surface area is 114 Å². The van der Waals surface area contributed by atoms with Crippen LogP contribution in [0, 0.1) is 0 Å². The molecular weight excluding hydrogens is 240 g/mol. The van der Waals surface area contributed by atoms with Gasteiger partial charge in [0.1, 0.15) is 5.69 Å². The van der Waals surface area contributed by atoms with Gasteiger partial charge in [0.05, 0.1) is 0 Å². The van der Waals surface area contributed by atoms with Crippen molar-refractivity contribution in [3.05, 3.63) is 24.0 Å². The highest BCUT2D eigenvalue weighted by Crippen LogP contribution is 2.16. The van der Waals surface area contributed by atoms with Gasteiger partial charge in [0.25, 0.3) is 5.91 Å². The quantitative estimate of drug-likeness (QED) is 0.878. The van der Waals surface area contributed by atoms with E-state index in [1.54, 1.807) is 6.20 Å². The lowest BCUT2D eigenvalue weighted by molar-refractivity contribution is 0.0948. The third-order valence-electron chi connectivity index (χ3n) is 3.38. The number of amides is 1. The van der Waals surface area contributed by atoms with Crippen LogP contribution in [0.4, 0.5) is 5.69 Å². The zero-order valence-corrected chi connectivity index (χ0v) is 11.7. The van der Waals surface area contributed by atoms with E-state index in [2.05, 4.69) is 27.1 Å². The maximum atomic E-state index is 11.9. The second kappa shape index (κ2) is 6.52. The number of hydrogen-bond acceptors (Lipinski definition) is 4. The van der Waals surface area contributed by atoms with Crippen molar-refractivity contribution in [1.29, 1.82) is 0 Å². The minimum atomic E-state index is -0.0853. The van der Waals surface area contributed by atoms with Gasteiger partial charge in [0.15, 0.2) is 0 Å². The van der Waals surface area contributed by atoms with Crippen LogP contribution in [0.5, 0.6) is 0 Å². The predicted octanol–water partition coefficient (Wildman–Crippen LogP) is 0.973. The summed E-state index contributed by atoms with van der Waals surface area (Å²) in [5, 5.41) is 2.86. The summed E-state index contributed by atoms with van der Waals surface area (Å²) in [4.78, 5) is 20.7. The molecule has 1 amide bonds. The van der Waals surface area contributed by atoms with Gasteiger partial charge in [-0.25, -0.2) is 0 Å². The molecule has 19 heavy (non-hydrogen) atoms. The number of carbonyl (C=O) groups is 1. The van der Waals surface area contributed by atoms with E-state index >= 15 is 0 Å². The first-order chi connectivity index (χ1) is 9.20. The van der Waals surface area contributed by atoms with E-state index in [1.807, 2.05) is 19.1 Å². The Balaban J connectivity index is 2.04. The number of pyridine rings is 1. The van der Waals surface area contributed by atoms with E-state index in [0.717, 1.165) is 38.3 Å². The van der Waals surface area contributed by atoms with E-state index in [-0.39, 0.29) is 5.91 Å². The summed E-state index contributed by atoms with van der Waals surface area (Å²) in [6.45, 7) is 6.83. The molecule has 0 bridgehead atoms. The number of piperazine rings is 1. The number of nitrogens with one attached hydrogen (secondary N) is 1. The lowest BCUT2D eigenvalue weighted by Gasteiger charge is -2.34.